The fourth-order valence-corrected chi connectivity index (χ4v) is 2.97. The Balaban J connectivity index is 2.32. The van der Waals surface area contributed by atoms with Gasteiger partial charge in [0.1, 0.15) is 11.6 Å². The predicted molar refractivity (Wildman–Crippen MR) is 89.1 cm³/mol. The number of ether oxygens (including phenoxy) is 1. The molecule has 2 rings (SSSR count). The largest absolute Gasteiger partial charge is 0.497 e. The molecule has 0 bridgehead atoms. The van der Waals surface area contributed by atoms with Gasteiger partial charge in [0.05, 0.1) is 24.0 Å². The summed E-state index contributed by atoms with van der Waals surface area (Å²) in [7, 11) is 1.68. The average Bonchev–Trinajstić information content (AvgIpc) is 2.87. The van der Waals surface area contributed by atoms with E-state index in [1.54, 1.807) is 7.11 Å². The Hall–Kier alpha value is -1.22. The van der Waals surface area contributed by atoms with Crippen LogP contribution in [0, 0.1) is 5.92 Å². The van der Waals surface area contributed by atoms with Crippen LogP contribution < -0.4 is 4.74 Å². The predicted octanol–water partition coefficient (Wildman–Crippen LogP) is 5.00. The minimum Gasteiger partial charge on any atom is -0.497 e. The second kappa shape index (κ2) is 7.69. The highest BCUT2D eigenvalue weighted by Gasteiger charge is 2.14. The van der Waals surface area contributed by atoms with Crippen molar-refractivity contribution in [2.75, 3.05) is 7.11 Å². The molecule has 1 aromatic heterocycles. The molecule has 116 valence electrons. The average molecular weight is 309 g/mol. The summed E-state index contributed by atoms with van der Waals surface area (Å²) in [5.41, 5.74) is 2.12. The summed E-state index contributed by atoms with van der Waals surface area (Å²) in [6.07, 6.45) is 5.00. The van der Waals surface area contributed by atoms with Gasteiger partial charge in [0.2, 0.25) is 0 Å². The third kappa shape index (κ3) is 3.70. The number of imidazole rings is 1. The minimum absolute atomic E-state index is 0.446. The first kappa shape index (κ1) is 16.2. The molecule has 1 atom stereocenters. The number of rotatable bonds is 8. The number of unbranched alkanes of at least 4 members (excludes halogenated alkanes) is 1. The highest BCUT2D eigenvalue weighted by Crippen LogP contribution is 2.25. The summed E-state index contributed by atoms with van der Waals surface area (Å²) in [6.45, 7) is 5.51. The molecule has 21 heavy (non-hydrogen) atoms. The van der Waals surface area contributed by atoms with E-state index in [9.17, 15) is 0 Å². The summed E-state index contributed by atoms with van der Waals surface area (Å²) < 4.78 is 7.56. The highest BCUT2D eigenvalue weighted by molar-refractivity contribution is 6.16. The number of nitrogens with zero attached hydrogens (tertiary/aromatic N) is 2. The van der Waals surface area contributed by atoms with E-state index >= 15 is 0 Å². The summed E-state index contributed by atoms with van der Waals surface area (Å²) in [5, 5.41) is 0. The smallest absolute Gasteiger partial charge is 0.124 e. The van der Waals surface area contributed by atoms with E-state index in [0.29, 0.717) is 11.8 Å². The molecule has 0 amide bonds. The Kier molecular flexibility index (Phi) is 5.92. The van der Waals surface area contributed by atoms with Crippen molar-refractivity contribution in [3.63, 3.8) is 0 Å². The normalized spacial score (nSPS) is 12.8. The molecule has 1 heterocycles. The molecule has 0 radical (unpaired) electrons. The topological polar surface area (TPSA) is 27.1 Å². The van der Waals surface area contributed by atoms with Gasteiger partial charge in [0, 0.05) is 12.6 Å². The standard InChI is InChI=1S/C17H25ClN2O/c1-4-6-7-13(5-2)12-20-16-9-8-14(21-3)10-15(16)19-17(20)11-18/h8-10,13H,4-7,11-12H2,1-3H3. The zero-order valence-electron chi connectivity index (χ0n) is 13.2. The van der Waals surface area contributed by atoms with Gasteiger partial charge >= 0.3 is 0 Å². The third-order valence-electron chi connectivity index (χ3n) is 4.14. The van der Waals surface area contributed by atoms with Gasteiger partial charge in [-0.25, -0.2) is 4.98 Å². The second-order valence-corrected chi connectivity index (χ2v) is 5.81. The van der Waals surface area contributed by atoms with Gasteiger partial charge in [-0.3, -0.25) is 0 Å². The second-order valence-electron chi connectivity index (χ2n) is 5.54. The summed E-state index contributed by atoms with van der Waals surface area (Å²) in [4.78, 5) is 4.66. The van der Waals surface area contributed by atoms with Crippen LogP contribution in [0.2, 0.25) is 0 Å². The van der Waals surface area contributed by atoms with E-state index in [2.05, 4.69) is 29.5 Å². The first-order valence-electron chi connectivity index (χ1n) is 7.82. The molecule has 0 spiro atoms. The van der Waals surface area contributed by atoms with Gasteiger partial charge in [0.25, 0.3) is 0 Å². The Morgan fingerprint density at radius 3 is 2.76 bits per heavy atom. The van der Waals surface area contributed by atoms with Gasteiger partial charge in [-0.1, -0.05) is 33.1 Å². The molecule has 0 aliphatic rings. The van der Waals surface area contributed by atoms with Gasteiger partial charge in [-0.15, -0.1) is 11.6 Å². The van der Waals surface area contributed by atoms with Crippen LogP contribution in [0.5, 0.6) is 5.75 Å². The minimum atomic E-state index is 0.446. The highest BCUT2D eigenvalue weighted by atomic mass is 35.5. The Bertz CT molecular complexity index is 579. The summed E-state index contributed by atoms with van der Waals surface area (Å²) in [5.74, 6) is 2.92. The SMILES string of the molecule is CCCCC(CC)Cn1c(CCl)nc2cc(OC)ccc21. The first-order chi connectivity index (χ1) is 10.2. The van der Waals surface area contributed by atoms with Crippen LogP contribution in [0.1, 0.15) is 45.4 Å². The molecular weight excluding hydrogens is 284 g/mol. The first-order valence-corrected chi connectivity index (χ1v) is 8.36. The van der Waals surface area contributed by atoms with Crippen LogP contribution >= 0.6 is 11.6 Å². The lowest BCUT2D eigenvalue weighted by atomic mass is 9.99. The maximum Gasteiger partial charge on any atom is 0.124 e. The number of hydrogen-bond donors (Lipinski definition) is 0. The van der Waals surface area contributed by atoms with Crippen molar-refractivity contribution in [3.8, 4) is 5.75 Å². The molecule has 0 N–H and O–H groups in total. The fourth-order valence-electron chi connectivity index (χ4n) is 2.77. The number of fused-ring (bicyclic) bond motifs is 1. The van der Waals surface area contributed by atoms with Crippen molar-refractivity contribution in [2.45, 2.75) is 52.0 Å². The number of halogens is 1. The Labute approximate surface area is 132 Å². The Morgan fingerprint density at radius 1 is 1.33 bits per heavy atom. The molecule has 0 aliphatic carbocycles. The van der Waals surface area contributed by atoms with E-state index in [1.807, 2.05) is 12.1 Å². The number of alkyl halides is 1. The van der Waals surface area contributed by atoms with Crippen LogP contribution in [-0.2, 0) is 12.4 Å². The number of methoxy groups -OCH3 is 1. The monoisotopic (exact) mass is 308 g/mol. The van der Waals surface area contributed by atoms with Crippen molar-refractivity contribution < 1.29 is 4.74 Å². The quantitative estimate of drug-likeness (QED) is 0.642. The maximum absolute atomic E-state index is 6.09. The number of aromatic nitrogens is 2. The van der Waals surface area contributed by atoms with Crippen LogP contribution in [0.25, 0.3) is 11.0 Å². The maximum atomic E-state index is 6.09. The number of hydrogen-bond acceptors (Lipinski definition) is 2. The molecular formula is C17H25ClN2O. The van der Waals surface area contributed by atoms with Gasteiger partial charge in [-0.2, -0.15) is 0 Å². The van der Waals surface area contributed by atoms with Crippen LogP contribution in [0.15, 0.2) is 18.2 Å². The van der Waals surface area contributed by atoms with Gasteiger partial charge in [-0.05, 0) is 24.5 Å². The van der Waals surface area contributed by atoms with E-state index in [0.717, 1.165) is 29.2 Å². The van der Waals surface area contributed by atoms with E-state index in [1.165, 1.54) is 25.7 Å². The zero-order chi connectivity index (χ0) is 15.2. The Morgan fingerprint density at radius 2 is 2.14 bits per heavy atom. The molecule has 3 nitrogen and oxygen atoms in total. The van der Waals surface area contributed by atoms with Crippen molar-refractivity contribution in [1.29, 1.82) is 0 Å². The molecule has 1 aromatic carbocycles. The van der Waals surface area contributed by atoms with Crippen molar-refractivity contribution in [3.05, 3.63) is 24.0 Å². The van der Waals surface area contributed by atoms with Crippen LogP contribution in [0.4, 0.5) is 0 Å². The van der Waals surface area contributed by atoms with Crippen LogP contribution in [-0.4, -0.2) is 16.7 Å². The molecule has 0 fully saturated rings. The number of benzene rings is 1. The summed E-state index contributed by atoms with van der Waals surface area (Å²) >= 11 is 6.09. The fraction of sp³-hybridized carbons (Fsp3) is 0.588. The van der Waals surface area contributed by atoms with Gasteiger partial charge < -0.3 is 9.30 Å². The lowest BCUT2D eigenvalue weighted by molar-refractivity contribution is 0.391. The lowest BCUT2D eigenvalue weighted by Crippen LogP contribution is -2.12. The molecule has 1 unspecified atom stereocenters. The van der Waals surface area contributed by atoms with Crippen molar-refractivity contribution in [2.24, 2.45) is 5.92 Å². The van der Waals surface area contributed by atoms with Crippen molar-refractivity contribution >= 4 is 22.6 Å². The summed E-state index contributed by atoms with van der Waals surface area (Å²) in [6, 6.07) is 6.06. The van der Waals surface area contributed by atoms with Crippen molar-refractivity contribution in [1.82, 2.24) is 9.55 Å². The van der Waals surface area contributed by atoms with E-state index < -0.39 is 0 Å². The molecule has 0 aliphatic heterocycles. The molecule has 0 saturated heterocycles. The third-order valence-corrected chi connectivity index (χ3v) is 4.38. The zero-order valence-corrected chi connectivity index (χ0v) is 14.0. The lowest BCUT2D eigenvalue weighted by Gasteiger charge is -2.17. The molecule has 0 saturated carbocycles. The van der Waals surface area contributed by atoms with Gasteiger partial charge in [0.15, 0.2) is 0 Å². The van der Waals surface area contributed by atoms with E-state index in [-0.39, 0.29) is 0 Å². The molecule has 4 heteroatoms. The van der Waals surface area contributed by atoms with E-state index in [4.69, 9.17) is 16.3 Å². The van der Waals surface area contributed by atoms with Crippen LogP contribution in [0.3, 0.4) is 0 Å². The molecule has 2 aromatic rings.